The molecule has 2 rings (SSSR count). The molecule has 0 radical (unpaired) electrons. The second kappa shape index (κ2) is 7.09. The molecule has 1 heterocycles. The molecule has 0 aliphatic heterocycles. The molecular weight excluding hydrogens is 284 g/mol. The van der Waals surface area contributed by atoms with Gasteiger partial charge in [-0.05, 0) is 18.2 Å². The summed E-state index contributed by atoms with van der Waals surface area (Å²) in [7, 11) is 0. The maximum Gasteiger partial charge on any atom is 0.230 e. The number of carbonyl (C=O) groups excluding carboxylic acids is 1. The van der Waals surface area contributed by atoms with Crippen LogP contribution in [0.2, 0.25) is 0 Å². The lowest BCUT2D eigenvalue weighted by atomic mass is 10.2. The van der Waals surface area contributed by atoms with Crippen molar-refractivity contribution in [2.24, 2.45) is 0 Å². The van der Waals surface area contributed by atoms with Gasteiger partial charge in [-0.25, -0.2) is 8.78 Å². The molecule has 0 saturated heterocycles. The molecule has 0 bridgehead atoms. The Morgan fingerprint density at radius 1 is 1.25 bits per heavy atom. The lowest BCUT2D eigenvalue weighted by Gasteiger charge is -2.05. The standard InChI is InChI=1S/C14H13F2NO2S/c15-12-5-1-3-10(14(12)16)8-20-9-13(18)17-7-11-4-2-6-19-11/h1-6H,7-9H2,(H,17,18). The van der Waals surface area contributed by atoms with Crippen molar-refractivity contribution < 1.29 is 18.0 Å². The van der Waals surface area contributed by atoms with E-state index in [0.29, 0.717) is 12.3 Å². The first-order valence-corrected chi connectivity index (χ1v) is 7.12. The highest BCUT2D eigenvalue weighted by atomic mass is 32.2. The van der Waals surface area contributed by atoms with E-state index in [4.69, 9.17) is 4.42 Å². The lowest BCUT2D eigenvalue weighted by molar-refractivity contribution is -0.118. The summed E-state index contributed by atoms with van der Waals surface area (Å²) in [6, 6.07) is 7.52. The maximum atomic E-state index is 13.4. The molecule has 0 atom stereocenters. The number of benzene rings is 1. The highest BCUT2D eigenvalue weighted by Crippen LogP contribution is 2.17. The minimum absolute atomic E-state index is 0.177. The molecule has 0 aliphatic carbocycles. The minimum Gasteiger partial charge on any atom is -0.467 e. The summed E-state index contributed by atoms with van der Waals surface area (Å²) in [5.74, 6) is -0.807. The van der Waals surface area contributed by atoms with Gasteiger partial charge in [0.05, 0.1) is 18.6 Å². The van der Waals surface area contributed by atoms with Crippen LogP contribution in [0.4, 0.5) is 8.78 Å². The van der Waals surface area contributed by atoms with Crippen LogP contribution < -0.4 is 5.32 Å². The Balaban J connectivity index is 1.72. The zero-order valence-corrected chi connectivity index (χ0v) is 11.4. The quantitative estimate of drug-likeness (QED) is 0.891. The van der Waals surface area contributed by atoms with Crippen molar-refractivity contribution in [2.45, 2.75) is 12.3 Å². The predicted molar refractivity (Wildman–Crippen MR) is 73.1 cm³/mol. The van der Waals surface area contributed by atoms with Crippen molar-refractivity contribution in [1.82, 2.24) is 5.32 Å². The van der Waals surface area contributed by atoms with Gasteiger partial charge in [-0.2, -0.15) is 0 Å². The fraction of sp³-hybridized carbons (Fsp3) is 0.214. The Kier molecular flexibility index (Phi) is 5.17. The largest absolute Gasteiger partial charge is 0.467 e. The molecule has 20 heavy (non-hydrogen) atoms. The lowest BCUT2D eigenvalue weighted by Crippen LogP contribution is -2.24. The summed E-state index contributed by atoms with van der Waals surface area (Å²) in [5.41, 5.74) is 0.258. The highest BCUT2D eigenvalue weighted by molar-refractivity contribution is 7.99. The van der Waals surface area contributed by atoms with E-state index in [1.807, 2.05) is 0 Å². The number of amides is 1. The summed E-state index contributed by atoms with van der Waals surface area (Å²) in [6.07, 6.45) is 1.53. The summed E-state index contributed by atoms with van der Waals surface area (Å²) in [6.45, 7) is 0.320. The zero-order chi connectivity index (χ0) is 14.4. The van der Waals surface area contributed by atoms with Crippen LogP contribution in [0.15, 0.2) is 41.0 Å². The molecule has 106 valence electrons. The summed E-state index contributed by atoms with van der Waals surface area (Å²) in [4.78, 5) is 11.5. The van der Waals surface area contributed by atoms with E-state index in [1.165, 1.54) is 30.2 Å². The highest BCUT2D eigenvalue weighted by Gasteiger charge is 2.09. The minimum atomic E-state index is -0.870. The molecule has 1 amide bonds. The number of hydrogen-bond donors (Lipinski definition) is 1. The van der Waals surface area contributed by atoms with Crippen LogP contribution in [0.1, 0.15) is 11.3 Å². The Morgan fingerprint density at radius 3 is 2.85 bits per heavy atom. The summed E-state index contributed by atoms with van der Waals surface area (Å²) < 4.78 is 31.4. The van der Waals surface area contributed by atoms with Crippen LogP contribution in [-0.4, -0.2) is 11.7 Å². The third-order valence-electron chi connectivity index (χ3n) is 2.56. The normalized spacial score (nSPS) is 10.5. The number of nitrogens with one attached hydrogen (secondary N) is 1. The number of rotatable bonds is 6. The van der Waals surface area contributed by atoms with Gasteiger partial charge in [0, 0.05) is 11.3 Å². The van der Waals surface area contributed by atoms with Crippen LogP contribution in [0.3, 0.4) is 0 Å². The van der Waals surface area contributed by atoms with Gasteiger partial charge in [-0.1, -0.05) is 12.1 Å². The van der Waals surface area contributed by atoms with Crippen molar-refractivity contribution in [3.8, 4) is 0 Å². The molecule has 1 N–H and O–H groups in total. The zero-order valence-electron chi connectivity index (χ0n) is 10.6. The Hall–Kier alpha value is -1.82. The van der Waals surface area contributed by atoms with Gasteiger partial charge >= 0.3 is 0 Å². The fourth-order valence-electron chi connectivity index (χ4n) is 1.56. The van der Waals surface area contributed by atoms with E-state index in [-0.39, 0.29) is 23.0 Å². The molecule has 0 aliphatic rings. The van der Waals surface area contributed by atoms with E-state index < -0.39 is 11.6 Å². The molecular formula is C14H13F2NO2S. The number of carbonyl (C=O) groups is 1. The van der Waals surface area contributed by atoms with Crippen LogP contribution in [0.25, 0.3) is 0 Å². The first kappa shape index (κ1) is 14.6. The topological polar surface area (TPSA) is 42.2 Å². The van der Waals surface area contributed by atoms with Crippen molar-refractivity contribution in [3.05, 3.63) is 59.6 Å². The third-order valence-corrected chi connectivity index (χ3v) is 3.54. The van der Waals surface area contributed by atoms with Gasteiger partial charge in [0.1, 0.15) is 5.76 Å². The average molecular weight is 297 g/mol. The second-order valence-electron chi connectivity index (χ2n) is 4.06. The van der Waals surface area contributed by atoms with Crippen molar-refractivity contribution >= 4 is 17.7 Å². The van der Waals surface area contributed by atoms with Crippen LogP contribution >= 0.6 is 11.8 Å². The Bertz CT molecular complexity index is 573. The Morgan fingerprint density at radius 2 is 2.10 bits per heavy atom. The number of furan rings is 1. The van der Waals surface area contributed by atoms with Crippen molar-refractivity contribution in [1.29, 1.82) is 0 Å². The Labute approximate surface area is 119 Å². The van der Waals surface area contributed by atoms with E-state index in [1.54, 1.807) is 12.1 Å². The first-order chi connectivity index (χ1) is 9.66. The van der Waals surface area contributed by atoms with E-state index in [0.717, 1.165) is 6.07 Å². The van der Waals surface area contributed by atoms with E-state index in [9.17, 15) is 13.6 Å². The fourth-order valence-corrected chi connectivity index (χ4v) is 2.40. The summed E-state index contributed by atoms with van der Waals surface area (Å²) in [5, 5.41) is 2.68. The van der Waals surface area contributed by atoms with Gasteiger partial charge in [0.25, 0.3) is 0 Å². The SMILES string of the molecule is O=C(CSCc1cccc(F)c1F)NCc1ccco1. The molecule has 6 heteroatoms. The molecule has 2 aromatic rings. The number of thioether (sulfide) groups is 1. The molecule has 0 fully saturated rings. The smallest absolute Gasteiger partial charge is 0.230 e. The summed E-state index contributed by atoms with van der Waals surface area (Å²) >= 11 is 1.23. The molecule has 1 aromatic carbocycles. The number of hydrogen-bond acceptors (Lipinski definition) is 3. The average Bonchev–Trinajstić information content (AvgIpc) is 2.94. The second-order valence-corrected chi connectivity index (χ2v) is 5.05. The molecule has 0 unspecified atom stereocenters. The van der Waals surface area contributed by atoms with Gasteiger partial charge in [-0.15, -0.1) is 11.8 Å². The van der Waals surface area contributed by atoms with Crippen LogP contribution in [0.5, 0.6) is 0 Å². The van der Waals surface area contributed by atoms with E-state index in [2.05, 4.69) is 5.32 Å². The third kappa shape index (κ3) is 4.09. The number of halogens is 2. The van der Waals surface area contributed by atoms with Crippen LogP contribution in [-0.2, 0) is 17.1 Å². The van der Waals surface area contributed by atoms with Crippen molar-refractivity contribution in [2.75, 3.05) is 5.75 Å². The molecule has 1 aromatic heterocycles. The van der Waals surface area contributed by atoms with Gasteiger partial charge in [-0.3, -0.25) is 4.79 Å². The van der Waals surface area contributed by atoms with E-state index >= 15 is 0 Å². The molecule has 0 saturated carbocycles. The van der Waals surface area contributed by atoms with Crippen molar-refractivity contribution in [3.63, 3.8) is 0 Å². The van der Waals surface area contributed by atoms with Crippen LogP contribution in [0, 0.1) is 11.6 Å². The maximum absolute atomic E-state index is 13.4. The van der Waals surface area contributed by atoms with Gasteiger partial charge < -0.3 is 9.73 Å². The first-order valence-electron chi connectivity index (χ1n) is 5.96. The molecule has 3 nitrogen and oxygen atoms in total. The van der Waals surface area contributed by atoms with Gasteiger partial charge in [0.15, 0.2) is 11.6 Å². The predicted octanol–water partition coefficient (Wildman–Crippen LogP) is 3.11. The van der Waals surface area contributed by atoms with Gasteiger partial charge in [0.2, 0.25) is 5.91 Å². The monoisotopic (exact) mass is 297 g/mol. The molecule has 0 spiro atoms.